The number of hydrogen-bond acceptors (Lipinski definition) is 2. The fraction of sp³-hybridized carbons (Fsp3) is 0.158. The topological polar surface area (TPSA) is 40.9 Å². The van der Waals surface area contributed by atoms with Crippen molar-refractivity contribution in [2.24, 2.45) is 0 Å². The lowest BCUT2D eigenvalue weighted by atomic mass is 9.97. The molecule has 2 aromatic carbocycles. The molecule has 0 radical (unpaired) electrons. The van der Waals surface area contributed by atoms with Crippen LogP contribution in [-0.2, 0) is 0 Å². The van der Waals surface area contributed by atoms with Crippen LogP contribution in [0.4, 0.5) is 0 Å². The zero-order valence-corrected chi connectivity index (χ0v) is 12.5. The third-order valence-corrected chi connectivity index (χ3v) is 3.48. The lowest BCUT2D eigenvalue weighted by Gasteiger charge is -2.05. The Balaban J connectivity index is 2.45. The number of rotatable bonds is 3. The van der Waals surface area contributed by atoms with Crippen LogP contribution in [-0.4, -0.2) is 5.78 Å². The molecule has 0 unspecified atom stereocenters. The summed E-state index contributed by atoms with van der Waals surface area (Å²) in [6, 6.07) is 15.3. The average Bonchev–Trinajstić information content (AvgIpc) is 2.46. The Labute approximate surface area is 125 Å². The van der Waals surface area contributed by atoms with E-state index >= 15 is 0 Å². The number of carbonyl (C=O) groups is 1. The minimum absolute atomic E-state index is 0.163. The van der Waals surface area contributed by atoms with E-state index < -0.39 is 0 Å². The van der Waals surface area contributed by atoms with Gasteiger partial charge in [-0.05, 0) is 43.5 Å². The molecular formula is C19H17NO. The number of Topliss-reactive ketones (excluding diaryl/α,β-unsaturated/α-hetero) is 1. The number of allylic oxidation sites excluding steroid dienone is 1. The van der Waals surface area contributed by atoms with E-state index in [0.29, 0.717) is 5.56 Å². The highest BCUT2D eigenvalue weighted by atomic mass is 16.1. The Morgan fingerprint density at radius 2 is 1.76 bits per heavy atom. The largest absolute Gasteiger partial charge is 0.288 e. The van der Waals surface area contributed by atoms with Crippen molar-refractivity contribution < 1.29 is 4.79 Å². The molecule has 0 heterocycles. The zero-order chi connectivity index (χ0) is 15.4. The van der Waals surface area contributed by atoms with Crippen molar-refractivity contribution in [2.75, 3.05) is 0 Å². The van der Waals surface area contributed by atoms with Crippen LogP contribution in [0, 0.1) is 32.1 Å². The molecule has 0 atom stereocenters. The van der Waals surface area contributed by atoms with E-state index in [-0.39, 0.29) is 11.4 Å². The van der Waals surface area contributed by atoms with Gasteiger partial charge >= 0.3 is 0 Å². The molecule has 0 fully saturated rings. The maximum atomic E-state index is 12.5. The Bertz CT molecular complexity index is 763. The van der Waals surface area contributed by atoms with Gasteiger partial charge in [0.1, 0.15) is 11.6 Å². The van der Waals surface area contributed by atoms with Gasteiger partial charge in [-0.25, -0.2) is 0 Å². The molecule has 0 aromatic heterocycles. The summed E-state index contributed by atoms with van der Waals surface area (Å²) in [5, 5.41) is 9.32. The zero-order valence-electron chi connectivity index (χ0n) is 12.5. The number of aryl methyl sites for hydroxylation is 3. The third kappa shape index (κ3) is 3.27. The minimum Gasteiger partial charge on any atom is -0.288 e. The van der Waals surface area contributed by atoms with E-state index in [1.807, 2.05) is 63.2 Å². The van der Waals surface area contributed by atoms with Gasteiger partial charge in [-0.2, -0.15) is 5.26 Å². The summed E-state index contributed by atoms with van der Waals surface area (Å²) in [6.07, 6.45) is 1.67. The van der Waals surface area contributed by atoms with Crippen molar-refractivity contribution in [1.82, 2.24) is 0 Å². The van der Waals surface area contributed by atoms with Crippen LogP contribution in [0.15, 0.2) is 48.0 Å². The number of nitriles is 1. The lowest BCUT2D eigenvalue weighted by molar-refractivity contribution is 0.103. The Morgan fingerprint density at radius 3 is 2.38 bits per heavy atom. The molecular weight excluding hydrogens is 258 g/mol. The first-order valence-electron chi connectivity index (χ1n) is 6.82. The molecule has 0 saturated carbocycles. The first kappa shape index (κ1) is 14.7. The van der Waals surface area contributed by atoms with Gasteiger partial charge in [0.2, 0.25) is 5.78 Å². The second-order valence-corrected chi connectivity index (χ2v) is 5.17. The molecule has 2 aromatic rings. The van der Waals surface area contributed by atoms with E-state index in [9.17, 15) is 10.1 Å². The van der Waals surface area contributed by atoms with Crippen LogP contribution < -0.4 is 0 Å². The van der Waals surface area contributed by atoms with Crippen molar-refractivity contribution in [1.29, 1.82) is 5.26 Å². The predicted octanol–water partition coefficient (Wildman–Crippen LogP) is 4.40. The van der Waals surface area contributed by atoms with Crippen LogP contribution in [0.2, 0.25) is 0 Å². The minimum atomic E-state index is -0.226. The summed E-state index contributed by atoms with van der Waals surface area (Å²) >= 11 is 0. The Kier molecular flexibility index (Phi) is 4.35. The molecule has 0 aliphatic carbocycles. The average molecular weight is 275 g/mol. The van der Waals surface area contributed by atoms with Gasteiger partial charge in [-0.1, -0.05) is 48.0 Å². The van der Waals surface area contributed by atoms with E-state index in [0.717, 1.165) is 22.3 Å². The monoisotopic (exact) mass is 275 g/mol. The van der Waals surface area contributed by atoms with Crippen LogP contribution in [0.1, 0.15) is 32.6 Å². The summed E-state index contributed by atoms with van der Waals surface area (Å²) in [6.45, 7) is 5.87. The maximum absolute atomic E-state index is 12.5. The van der Waals surface area contributed by atoms with Crippen molar-refractivity contribution >= 4 is 11.9 Å². The molecule has 2 heteroatoms. The normalized spacial score (nSPS) is 11.0. The predicted molar refractivity (Wildman–Crippen MR) is 85.0 cm³/mol. The second kappa shape index (κ2) is 6.19. The first-order valence-corrected chi connectivity index (χ1v) is 6.82. The fourth-order valence-corrected chi connectivity index (χ4v) is 2.26. The number of ketones is 1. The number of benzene rings is 2. The van der Waals surface area contributed by atoms with Gasteiger partial charge in [0, 0.05) is 5.56 Å². The standard InChI is InChI=1S/C19H17NO/c1-13-8-9-16(15(3)10-13)11-17(12-20)19(21)18-7-5-4-6-14(18)2/h4-11H,1-3H3/b17-11+. The van der Waals surface area contributed by atoms with Crippen LogP contribution in [0.3, 0.4) is 0 Å². The Hall–Kier alpha value is -2.66. The van der Waals surface area contributed by atoms with Crippen molar-refractivity contribution in [3.63, 3.8) is 0 Å². The maximum Gasteiger partial charge on any atom is 0.203 e. The molecule has 104 valence electrons. The van der Waals surface area contributed by atoms with Gasteiger partial charge in [0.15, 0.2) is 0 Å². The van der Waals surface area contributed by atoms with Crippen molar-refractivity contribution in [3.05, 3.63) is 75.9 Å². The molecule has 0 aliphatic rings. The molecule has 0 N–H and O–H groups in total. The molecule has 0 saturated heterocycles. The van der Waals surface area contributed by atoms with Gasteiger partial charge < -0.3 is 0 Å². The highest BCUT2D eigenvalue weighted by Crippen LogP contribution is 2.18. The molecule has 0 bridgehead atoms. The van der Waals surface area contributed by atoms with E-state index in [1.165, 1.54) is 0 Å². The lowest BCUT2D eigenvalue weighted by Crippen LogP contribution is -2.04. The first-order chi connectivity index (χ1) is 10.0. The van der Waals surface area contributed by atoms with Crippen LogP contribution in [0.5, 0.6) is 0 Å². The van der Waals surface area contributed by atoms with Gasteiger partial charge in [0.05, 0.1) is 0 Å². The summed E-state index contributed by atoms with van der Waals surface area (Å²) in [5.74, 6) is -0.226. The summed E-state index contributed by atoms with van der Waals surface area (Å²) in [7, 11) is 0. The van der Waals surface area contributed by atoms with E-state index in [1.54, 1.807) is 12.1 Å². The fourth-order valence-electron chi connectivity index (χ4n) is 2.26. The SMILES string of the molecule is Cc1ccc(/C=C(\C#N)C(=O)c2ccccc2C)c(C)c1. The summed E-state index contributed by atoms with van der Waals surface area (Å²) < 4.78 is 0. The molecule has 0 spiro atoms. The molecule has 2 nitrogen and oxygen atoms in total. The smallest absolute Gasteiger partial charge is 0.203 e. The highest BCUT2D eigenvalue weighted by molar-refractivity contribution is 6.14. The Morgan fingerprint density at radius 1 is 1.05 bits per heavy atom. The summed E-state index contributed by atoms with van der Waals surface area (Å²) in [4.78, 5) is 12.5. The van der Waals surface area contributed by atoms with Crippen LogP contribution >= 0.6 is 0 Å². The molecule has 2 rings (SSSR count). The second-order valence-electron chi connectivity index (χ2n) is 5.17. The van der Waals surface area contributed by atoms with Crippen molar-refractivity contribution in [3.8, 4) is 6.07 Å². The number of carbonyl (C=O) groups excluding carboxylic acids is 1. The molecule has 21 heavy (non-hydrogen) atoms. The highest BCUT2D eigenvalue weighted by Gasteiger charge is 2.14. The number of hydrogen-bond donors (Lipinski definition) is 0. The molecule has 0 aliphatic heterocycles. The van der Waals surface area contributed by atoms with E-state index in [4.69, 9.17) is 0 Å². The molecule has 0 amide bonds. The summed E-state index contributed by atoms with van der Waals surface area (Å²) in [5.41, 5.74) is 4.74. The van der Waals surface area contributed by atoms with Crippen molar-refractivity contribution in [2.45, 2.75) is 20.8 Å². The van der Waals surface area contributed by atoms with Gasteiger partial charge in [-0.15, -0.1) is 0 Å². The third-order valence-electron chi connectivity index (χ3n) is 3.48. The number of nitrogens with zero attached hydrogens (tertiary/aromatic N) is 1. The van der Waals surface area contributed by atoms with E-state index in [2.05, 4.69) is 0 Å². The van der Waals surface area contributed by atoms with Gasteiger partial charge in [0.25, 0.3) is 0 Å². The quantitative estimate of drug-likeness (QED) is 0.473. The van der Waals surface area contributed by atoms with Gasteiger partial charge in [-0.3, -0.25) is 4.79 Å². The van der Waals surface area contributed by atoms with Crippen LogP contribution in [0.25, 0.3) is 6.08 Å².